The molecule has 2 aromatic carbocycles. The molecule has 0 saturated carbocycles. The van der Waals surface area contributed by atoms with Crippen LogP contribution in [0.3, 0.4) is 0 Å². The Balaban J connectivity index is 1.53. The van der Waals surface area contributed by atoms with E-state index in [1.165, 1.54) is 6.07 Å². The minimum atomic E-state index is -0.280. The largest absolute Gasteiger partial charge is 0.472 e. The molecule has 0 amide bonds. The van der Waals surface area contributed by atoms with Crippen molar-refractivity contribution < 1.29 is 18.6 Å². The van der Waals surface area contributed by atoms with E-state index >= 15 is 0 Å². The second-order valence-electron chi connectivity index (χ2n) is 7.09. The van der Waals surface area contributed by atoms with Gasteiger partial charge in [-0.25, -0.2) is 9.37 Å². The average molecular weight is 429 g/mol. The summed E-state index contributed by atoms with van der Waals surface area (Å²) in [5.41, 5.74) is 2.29. The lowest BCUT2D eigenvalue weighted by molar-refractivity contribution is -0.0864. The number of rotatable bonds is 8. The van der Waals surface area contributed by atoms with Crippen molar-refractivity contribution in [3.8, 4) is 5.88 Å². The van der Waals surface area contributed by atoms with E-state index in [0.29, 0.717) is 44.4 Å². The highest BCUT2D eigenvalue weighted by atomic mass is 32.2. The molecule has 0 aliphatic carbocycles. The molecule has 1 unspecified atom stereocenters. The predicted molar refractivity (Wildman–Crippen MR) is 117 cm³/mol. The smallest absolute Gasteiger partial charge is 0.218 e. The third-order valence-corrected chi connectivity index (χ3v) is 5.68. The SMILES string of the molecule is CSc1ccc2cc(CNCC3COCCO3)c(OCc3ccccc3F)nc2c1. The average Bonchev–Trinajstić information content (AvgIpc) is 2.79. The number of thioether (sulfide) groups is 1. The van der Waals surface area contributed by atoms with Crippen molar-refractivity contribution in [1.82, 2.24) is 10.3 Å². The molecule has 1 N–H and O–H groups in total. The van der Waals surface area contributed by atoms with E-state index in [9.17, 15) is 4.39 Å². The van der Waals surface area contributed by atoms with Crippen LogP contribution >= 0.6 is 11.8 Å². The molecule has 3 aromatic rings. The summed E-state index contributed by atoms with van der Waals surface area (Å²) in [6, 6.07) is 14.9. The van der Waals surface area contributed by atoms with Gasteiger partial charge >= 0.3 is 0 Å². The summed E-state index contributed by atoms with van der Waals surface area (Å²) < 4.78 is 31.1. The first-order valence-corrected chi connectivity index (χ1v) is 11.2. The molecule has 1 fully saturated rings. The Bertz CT molecular complexity index is 995. The number of halogens is 1. The molecule has 5 nitrogen and oxygen atoms in total. The molecule has 158 valence electrons. The summed E-state index contributed by atoms with van der Waals surface area (Å²) >= 11 is 1.67. The minimum absolute atomic E-state index is 0.0408. The fourth-order valence-corrected chi connectivity index (χ4v) is 3.77. The van der Waals surface area contributed by atoms with Crippen molar-refractivity contribution in [2.24, 2.45) is 0 Å². The second-order valence-corrected chi connectivity index (χ2v) is 7.97. The number of nitrogens with one attached hydrogen (secondary N) is 1. The van der Waals surface area contributed by atoms with Gasteiger partial charge in [0.25, 0.3) is 0 Å². The third-order valence-electron chi connectivity index (χ3n) is 4.96. The fourth-order valence-electron chi connectivity index (χ4n) is 3.34. The van der Waals surface area contributed by atoms with Crippen LogP contribution < -0.4 is 10.1 Å². The minimum Gasteiger partial charge on any atom is -0.472 e. The Labute approximate surface area is 179 Å². The molecule has 4 rings (SSSR count). The van der Waals surface area contributed by atoms with Crippen LogP contribution in [0, 0.1) is 5.82 Å². The van der Waals surface area contributed by atoms with Gasteiger partial charge in [-0.05, 0) is 30.5 Å². The van der Waals surface area contributed by atoms with Gasteiger partial charge in [0, 0.05) is 34.5 Å². The van der Waals surface area contributed by atoms with Crippen molar-refractivity contribution in [3.05, 3.63) is 65.5 Å². The topological polar surface area (TPSA) is 52.6 Å². The predicted octanol–water partition coefficient (Wildman–Crippen LogP) is 4.18. The number of benzene rings is 2. The van der Waals surface area contributed by atoms with E-state index in [4.69, 9.17) is 19.2 Å². The summed E-state index contributed by atoms with van der Waals surface area (Å²) in [5, 5.41) is 4.45. The van der Waals surface area contributed by atoms with E-state index in [1.54, 1.807) is 30.0 Å². The Morgan fingerprint density at radius 3 is 2.87 bits per heavy atom. The molecule has 1 atom stereocenters. The van der Waals surface area contributed by atoms with Gasteiger partial charge in [0.15, 0.2) is 0 Å². The lowest BCUT2D eigenvalue weighted by Gasteiger charge is -2.23. The van der Waals surface area contributed by atoms with Crippen LogP contribution in [0.15, 0.2) is 53.4 Å². The summed E-state index contributed by atoms with van der Waals surface area (Å²) in [6.07, 6.45) is 2.07. The van der Waals surface area contributed by atoms with Crippen molar-refractivity contribution in [1.29, 1.82) is 0 Å². The number of hydrogen-bond acceptors (Lipinski definition) is 6. The van der Waals surface area contributed by atoms with E-state index in [1.807, 2.05) is 12.3 Å². The molecule has 1 aliphatic heterocycles. The Morgan fingerprint density at radius 2 is 2.07 bits per heavy atom. The van der Waals surface area contributed by atoms with E-state index in [2.05, 4.69) is 23.5 Å². The zero-order valence-corrected chi connectivity index (χ0v) is 17.7. The van der Waals surface area contributed by atoms with E-state index < -0.39 is 0 Å². The van der Waals surface area contributed by atoms with Crippen molar-refractivity contribution in [2.75, 3.05) is 32.6 Å². The molecule has 1 saturated heterocycles. The lowest BCUT2D eigenvalue weighted by Crippen LogP contribution is -2.37. The summed E-state index contributed by atoms with van der Waals surface area (Å²) in [4.78, 5) is 5.87. The fraction of sp³-hybridized carbons (Fsp3) is 0.348. The molecular formula is C23H25FN2O3S. The lowest BCUT2D eigenvalue weighted by atomic mass is 10.1. The molecule has 1 aromatic heterocycles. The van der Waals surface area contributed by atoms with Gasteiger partial charge in [-0.2, -0.15) is 0 Å². The van der Waals surface area contributed by atoms with Gasteiger partial charge in [0.05, 0.1) is 31.4 Å². The maximum atomic E-state index is 14.0. The summed E-state index contributed by atoms with van der Waals surface area (Å²) in [7, 11) is 0. The van der Waals surface area contributed by atoms with Gasteiger partial charge in [-0.1, -0.05) is 24.3 Å². The summed E-state index contributed by atoms with van der Waals surface area (Å²) in [6.45, 7) is 3.24. The van der Waals surface area contributed by atoms with Crippen molar-refractivity contribution in [2.45, 2.75) is 24.2 Å². The highest BCUT2D eigenvalue weighted by Gasteiger charge is 2.15. The molecule has 2 heterocycles. The van der Waals surface area contributed by atoms with Crippen molar-refractivity contribution in [3.63, 3.8) is 0 Å². The second kappa shape index (κ2) is 10.2. The molecular weight excluding hydrogens is 403 g/mol. The Kier molecular flexibility index (Phi) is 7.17. The highest BCUT2D eigenvalue weighted by molar-refractivity contribution is 7.98. The van der Waals surface area contributed by atoms with Crippen LogP contribution in [-0.2, 0) is 22.6 Å². The number of nitrogens with zero attached hydrogens (tertiary/aromatic N) is 1. The van der Waals surface area contributed by atoms with Gasteiger partial charge in [0.1, 0.15) is 12.4 Å². The monoisotopic (exact) mass is 428 g/mol. The first kappa shape index (κ1) is 21.1. The van der Waals surface area contributed by atoms with Crippen LogP contribution in [0.25, 0.3) is 10.9 Å². The molecule has 0 bridgehead atoms. The zero-order chi connectivity index (χ0) is 20.8. The number of ether oxygens (including phenoxy) is 3. The number of aromatic nitrogens is 1. The van der Waals surface area contributed by atoms with Gasteiger partial charge in [-0.15, -0.1) is 11.8 Å². The molecule has 0 spiro atoms. The summed E-state index contributed by atoms with van der Waals surface area (Å²) in [5.74, 6) is 0.231. The normalized spacial score (nSPS) is 16.7. The number of pyridine rings is 1. The zero-order valence-electron chi connectivity index (χ0n) is 16.9. The maximum absolute atomic E-state index is 14.0. The number of fused-ring (bicyclic) bond motifs is 1. The third kappa shape index (κ3) is 5.29. The molecule has 30 heavy (non-hydrogen) atoms. The van der Waals surface area contributed by atoms with Crippen LogP contribution in [0.1, 0.15) is 11.1 Å². The van der Waals surface area contributed by atoms with Crippen LogP contribution in [-0.4, -0.2) is 43.7 Å². The van der Waals surface area contributed by atoms with Crippen LogP contribution in [0.5, 0.6) is 5.88 Å². The Hall–Kier alpha value is -2.19. The van der Waals surface area contributed by atoms with Gasteiger partial charge < -0.3 is 19.5 Å². The standard InChI is InChI=1S/C23H25FN2O3S/c1-30-20-7-6-16-10-18(12-25-13-19-15-27-8-9-28-19)23(26-22(16)11-20)29-14-17-4-2-3-5-21(17)24/h2-7,10-11,19,25H,8-9,12-15H2,1H3. The number of hydrogen-bond donors (Lipinski definition) is 1. The quantitative estimate of drug-likeness (QED) is 0.543. The first-order valence-electron chi connectivity index (χ1n) is 9.97. The van der Waals surface area contributed by atoms with Gasteiger partial charge in [-0.3, -0.25) is 0 Å². The van der Waals surface area contributed by atoms with Gasteiger partial charge in [0.2, 0.25) is 5.88 Å². The molecule has 7 heteroatoms. The maximum Gasteiger partial charge on any atom is 0.218 e. The highest BCUT2D eigenvalue weighted by Crippen LogP contribution is 2.27. The van der Waals surface area contributed by atoms with Crippen LogP contribution in [0.2, 0.25) is 0 Å². The first-order chi connectivity index (χ1) is 14.7. The molecule has 0 radical (unpaired) electrons. The van der Waals surface area contributed by atoms with Crippen LogP contribution in [0.4, 0.5) is 4.39 Å². The molecule has 1 aliphatic rings. The van der Waals surface area contributed by atoms with E-state index in [-0.39, 0.29) is 18.5 Å². The Morgan fingerprint density at radius 1 is 1.17 bits per heavy atom. The van der Waals surface area contributed by atoms with Crippen molar-refractivity contribution >= 4 is 22.7 Å². The van der Waals surface area contributed by atoms with E-state index in [0.717, 1.165) is 21.4 Å².